The molecule has 0 unspecified atom stereocenters. The van der Waals surface area contributed by atoms with Crippen molar-refractivity contribution < 1.29 is 5.11 Å². The number of aryl methyl sites for hydroxylation is 1. The Kier molecular flexibility index (Phi) is 2.11. The fourth-order valence-electron chi connectivity index (χ4n) is 2.30. The van der Waals surface area contributed by atoms with Gasteiger partial charge in [0, 0.05) is 13.0 Å². The lowest BCUT2D eigenvalue weighted by Gasteiger charge is -2.17. The molecule has 3 nitrogen and oxygen atoms in total. The topological polar surface area (TPSA) is 38.0 Å². The van der Waals surface area contributed by atoms with E-state index in [-0.39, 0.29) is 0 Å². The van der Waals surface area contributed by atoms with Gasteiger partial charge in [0.15, 0.2) is 0 Å². The summed E-state index contributed by atoms with van der Waals surface area (Å²) in [4.78, 5) is 4.68. The van der Waals surface area contributed by atoms with Gasteiger partial charge in [0.1, 0.15) is 5.82 Å². The summed E-state index contributed by atoms with van der Waals surface area (Å²) in [7, 11) is 2.07. The molecule has 3 rings (SSSR count). The number of hydrogen-bond donors (Lipinski definition) is 1. The highest BCUT2D eigenvalue weighted by molar-refractivity contribution is 5.77. The van der Waals surface area contributed by atoms with E-state index in [2.05, 4.69) is 16.6 Å². The number of aliphatic hydroxyl groups is 1. The summed E-state index contributed by atoms with van der Waals surface area (Å²) in [5, 5.41) is 10.0. The van der Waals surface area contributed by atoms with Crippen LogP contribution in [0.2, 0.25) is 0 Å². The van der Waals surface area contributed by atoms with E-state index in [4.69, 9.17) is 0 Å². The van der Waals surface area contributed by atoms with Crippen molar-refractivity contribution >= 4 is 11.0 Å². The Balaban J connectivity index is 2.18. The van der Waals surface area contributed by atoms with Crippen LogP contribution in [0.15, 0.2) is 18.2 Å². The van der Waals surface area contributed by atoms with Crippen LogP contribution in [0, 0.1) is 0 Å². The van der Waals surface area contributed by atoms with Crippen molar-refractivity contribution in [1.29, 1.82) is 0 Å². The second-order valence-corrected chi connectivity index (χ2v) is 5.57. The lowest BCUT2D eigenvalue weighted by molar-refractivity contribution is 0.0787. The molecule has 1 aromatic heterocycles. The van der Waals surface area contributed by atoms with Gasteiger partial charge < -0.3 is 9.67 Å². The molecule has 0 spiro atoms. The van der Waals surface area contributed by atoms with Crippen molar-refractivity contribution in [3.8, 4) is 0 Å². The minimum Gasteiger partial charge on any atom is -0.386 e. The molecule has 1 N–H and O–H groups in total. The maximum Gasteiger partial charge on any atom is 0.112 e. The second kappa shape index (κ2) is 3.33. The fraction of sp³-hybridized carbons (Fsp3) is 0.500. The van der Waals surface area contributed by atoms with Gasteiger partial charge in [-0.3, -0.25) is 0 Å². The van der Waals surface area contributed by atoms with E-state index in [1.54, 1.807) is 0 Å². The summed E-state index contributed by atoms with van der Waals surface area (Å²) < 4.78 is 2.17. The molecular weight excluding hydrogens is 212 g/mol. The van der Waals surface area contributed by atoms with Gasteiger partial charge in [-0.25, -0.2) is 4.98 Å². The summed E-state index contributed by atoms with van der Waals surface area (Å²) in [6.07, 6.45) is 2.52. The summed E-state index contributed by atoms with van der Waals surface area (Å²) in [5.41, 5.74) is 2.29. The van der Waals surface area contributed by atoms with Crippen molar-refractivity contribution in [2.24, 2.45) is 7.05 Å². The summed E-state index contributed by atoms with van der Waals surface area (Å²) >= 11 is 0. The summed E-state index contributed by atoms with van der Waals surface area (Å²) in [6, 6.07) is 6.02. The maximum absolute atomic E-state index is 10.0. The fourth-order valence-corrected chi connectivity index (χ4v) is 2.30. The van der Waals surface area contributed by atoms with E-state index in [0.29, 0.717) is 5.92 Å². The Morgan fingerprint density at radius 2 is 2.06 bits per heavy atom. The molecule has 2 aromatic rings. The molecule has 1 saturated carbocycles. The molecule has 0 atom stereocenters. The van der Waals surface area contributed by atoms with Crippen LogP contribution in [0.1, 0.15) is 44.0 Å². The molecule has 1 fully saturated rings. The molecule has 90 valence electrons. The maximum atomic E-state index is 10.0. The van der Waals surface area contributed by atoms with Crippen LogP contribution < -0.4 is 0 Å². The van der Waals surface area contributed by atoms with Crippen LogP contribution in [0.3, 0.4) is 0 Å². The molecule has 0 amide bonds. The molecular formula is C14H18N2O. The van der Waals surface area contributed by atoms with Crippen molar-refractivity contribution in [3.05, 3.63) is 29.6 Å². The monoisotopic (exact) mass is 230 g/mol. The first-order valence-electron chi connectivity index (χ1n) is 6.16. The minimum atomic E-state index is -0.793. The molecule has 1 heterocycles. The number of benzene rings is 1. The van der Waals surface area contributed by atoms with Gasteiger partial charge >= 0.3 is 0 Å². The van der Waals surface area contributed by atoms with Crippen LogP contribution in [0.25, 0.3) is 11.0 Å². The van der Waals surface area contributed by atoms with E-state index in [1.807, 2.05) is 32.0 Å². The Morgan fingerprint density at radius 3 is 2.65 bits per heavy atom. The lowest BCUT2D eigenvalue weighted by atomic mass is 9.98. The molecule has 0 saturated heterocycles. The van der Waals surface area contributed by atoms with Gasteiger partial charge in [0.05, 0.1) is 16.6 Å². The average Bonchev–Trinajstić information content (AvgIpc) is 3.03. The summed E-state index contributed by atoms with van der Waals surface area (Å²) in [6.45, 7) is 3.62. The second-order valence-electron chi connectivity index (χ2n) is 5.57. The standard InChI is InChI=1S/C14H18N2O/c1-14(2,17)10-6-7-11-12(8-10)16(3)13(15-11)9-4-5-9/h6-9,17H,4-5H2,1-3H3. The van der Waals surface area contributed by atoms with Crippen LogP contribution in [-0.4, -0.2) is 14.7 Å². The van der Waals surface area contributed by atoms with Crippen LogP contribution in [0.5, 0.6) is 0 Å². The third kappa shape index (κ3) is 1.75. The van der Waals surface area contributed by atoms with Gasteiger partial charge in [-0.05, 0) is 44.4 Å². The average molecular weight is 230 g/mol. The van der Waals surface area contributed by atoms with Crippen molar-refractivity contribution in [2.75, 3.05) is 0 Å². The molecule has 17 heavy (non-hydrogen) atoms. The Bertz CT molecular complexity index is 574. The highest BCUT2D eigenvalue weighted by atomic mass is 16.3. The highest BCUT2D eigenvalue weighted by Gasteiger charge is 2.29. The number of nitrogens with zero attached hydrogens (tertiary/aromatic N) is 2. The molecule has 1 aliphatic carbocycles. The van der Waals surface area contributed by atoms with E-state index >= 15 is 0 Å². The largest absolute Gasteiger partial charge is 0.386 e. The number of hydrogen-bond acceptors (Lipinski definition) is 2. The zero-order chi connectivity index (χ0) is 12.2. The predicted octanol–water partition coefficient (Wildman–Crippen LogP) is 2.68. The van der Waals surface area contributed by atoms with Crippen LogP contribution in [-0.2, 0) is 12.6 Å². The smallest absolute Gasteiger partial charge is 0.112 e. The van der Waals surface area contributed by atoms with Crippen molar-refractivity contribution in [2.45, 2.75) is 38.2 Å². The number of rotatable bonds is 2. The van der Waals surface area contributed by atoms with Crippen LogP contribution in [0.4, 0.5) is 0 Å². The summed E-state index contributed by atoms with van der Waals surface area (Å²) in [5.74, 6) is 1.84. The first kappa shape index (κ1) is 10.8. The minimum absolute atomic E-state index is 0.651. The SMILES string of the molecule is Cn1c(C2CC2)nc2ccc(C(C)(C)O)cc21. The van der Waals surface area contributed by atoms with Crippen LogP contribution >= 0.6 is 0 Å². The number of fused-ring (bicyclic) bond motifs is 1. The zero-order valence-corrected chi connectivity index (χ0v) is 10.6. The van der Waals surface area contributed by atoms with Gasteiger partial charge in [0.25, 0.3) is 0 Å². The molecule has 1 aromatic carbocycles. The van der Waals surface area contributed by atoms with Gasteiger partial charge in [-0.1, -0.05) is 6.07 Å². The molecule has 1 aliphatic rings. The first-order chi connectivity index (χ1) is 7.97. The predicted molar refractivity (Wildman–Crippen MR) is 67.9 cm³/mol. The molecule has 0 radical (unpaired) electrons. The van der Waals surface area contributed by atoms with E-state index < -0.39 is 5.60 Å². The number of aromatic nitrogens is 2. The quantitative estimate of drug-likeness (QED) is 0.861. The van der Waals surface area contributed by atoms with E-state index in [1.165, 1.54) is 18.7 Å². The first-order valence-corrected chi connectivity index (χ1v) is 6.16. The molecule has 0 aliphatic heterocycles. The van der Waals surface area contributed by atoms with Gasteiger partial charge in [0.2, 0.25) is 0 Å². The highest BCUT2D eigenvalue weighted by Crippen LogP contribution is 2.40. The third-order valence-electron chi connectivity index (χ3n) is 3.56. The van der Waals surface area contributed by atoms with E-state index in [9.17, 15) is 5.11 Å². The van der Waals surface area contributed by atoms with Crippen molar-refractivity contribution in [3.63, 3.8) is 0 Å². The van der Waals surface area contributed by atoms with Gasteiger partial charge in [-0.2, -0.15) is 0 Å². The zero-order valence-electron chi connectivity index (χ0n) is 10.6. The van der Waals surface area contributed by atoms with Crippen molar-refractivity contribution in [1.82, 2.24) is 9.55 Å². The Labute approximate surface area is 101 Å². The Hall–Kier alpha value is -1.35. The van der Waals surface area contributed by atoms with E-state index in [0.717, 1.165) is 16.6 Å². The Morgan fingerprint density at radius 1 is 1.35 bits per heavy atom. The number of imidazole rings is 1. The third-order valence-corrected chi connectivity index (χ3v) is 3.56. The lowest BCUT2D eigenvalue weighted by Crippen LogP contribution is -2.15. The molecule has 0 bridgehead atoms. The molecule has 3 heteroatoms. The normalized spacial score (nSPS) is 16.7. The van der Waals surface area contributed by atoms with Gasteiger partial charge in [-0.15, -0.1) is 0 Å².